The molecular formula is C22H33NO4. The molecule has 2 amide bonds. The summed E-state index contributed by atoms with van der Waals surface area (Å²) in [6.45, 7) is 9.18. The van der Waals surface area contributed by atoms with Crippen molar-refractivity contribution in [3.8, 4) is 0 Å². The van der Waals surface area contributed by atoms with E-state index in [1.165, 1.54) is 4.90 Å². The number of aliphatic hydroxyl groups excluding tert-OH is 1. The summed E-state index contributed by atoms with van der Waals surface area (Å²) in [4.78, 5) is 27.1. The first-order valence-electron chi connectivity index (χ1n) is 9.90. The van der Waals surface area contributed by atoms with Gasteiger partial charge in [-0.2, -0.15) is 0 Å². The summed E-state index contributed by atoms with van der Waals surface area (Å²) < 4.78 is 5.53. The molecule has 0 saturated carbocycles. The molecule has 5 nitrogen and oxygen atoms in total. The van der Waals surface area contributed by atoms with Crippen LogP contribution in [0, 0.1) is 5.41 Å². The van der Waals surface area contributed by atoms with Gasteiger partial charge in [-0.1, -0.05) is 56.5 Å². The molecule has 1 heterocycles. The van der Waals surface area contributed by atoms with Crippen LogP contribution < -0.4 is 0 Å². The number of cyclic esters (lactones) is 1. The Bertz CT molecular complexity index is 654. The molecule has 27 heavy (non-hydrogen) atoms. The lowest BCUT2D eigenvalue weighted by molar-refractivity contribution is -0.145. The average molecular weight is 376 g/mol. The summed E-state index contributed by atoms with van der Waals surface area (Å²) in [6, 6.07) is 9.35. The van der Waals surface area contributed by atoms with Gasteiger partial charge in [0.2, 0.25) is 5.91 Å². The third-order valence-electron chi connectivity index (χ3n) is 5.62. The lowest BCUT2D eigenvalue weighted by Gasteiger charge is -2.35. The highest BCUT2D eigenvalue weighted by atomic mass is 16.6. The average Bonchev–Trinajstić information content (AvgIpc) is 2.83. The number of benzene rings is 1. The highest BCUT2D eigenvalue weighted by Crippen LogP contribution is 2.37. The van der Waals surface area contributed by atoms with Crippen LogP contribution in [0.25, 0.3) is 0 Å². The van der Waals surface area contributed by atoms with Crippen molar-refractivity contribution >= 4 is 12.0 Å². The molecule has 1 aromatic carbocycles. The summed E-state index contributed by atoms with van der Waals surface area (Å²) in [5.74, 6) is -0.372. The van der Waals surface area contributed by atoms with E-state index in [2.05, 4.69) is 6.92 Å². The molecule has 1 N–H and O–H groups in total. The fraction of sp³-hybridized carbons (Fsp3) is 0.636. The minimum atomic E-state index is -1.05. The number of carbonyl (C=O) groups is 2. The highest BCUT2D eigenvalue weighted by molar-refractivity contribution is 5.97. The van der Waals surface area contributed by atoms with Gasteiger partial charge in [0.25, 0.3) is 0 Å². The van der Waals surface area contributed by atoms with Crippen LogP contribution in [0.3, 0.4) is 0 Å². The van der Waals surface area contributed by atoms with E-state index in [4.69, 9.17) is 4.74 Å². The molecule has 2 rings (SSSR count). The van der Waals surface area contributed by atoms with E-state index < -0.39 is 29.3 Å². The molecule has 1 aromatic rings. The van der Waals surface area contributed by atoms with Gasteiger partial charge in [-0.15, -0.1) is 0 Å². The molecule has 0 spiro atoms. The normalized spacial score (nSPS) is 20.4. The number of imide groups is 1. The van der Waals surface area contributed by atoms with Crippen LogP contribution in [0.5, 0.6) is 0 Å². The van der Waals surface area contributed by atoms with E-state index in [0.717, 1.165) is 24.8 Å². The second kappa shape index (κ2) is 8.42. The monoisotopic (exact) mass is 375 g/mol. The first-order valence-corrected chi connectivity index (χ1v) is 9.90. The number of hydrogen-bond donors (Lipinski definition) is 1. The molecule has 0 radical (unpaired) electrons. The van der Waals surface area contributed by atoms with E-state index in [-0.39, 0.29) is 5.91 Å². The van der Waals surface area contributed by atoms with Crippen LogP contribution in [0.15, 0.2) is 30.3 Å². The molecule has 1 aliphatic heterocycles. The molecule has 0 bridgehead atoms. The third kappa shape index (κ3) is 4.70. The predicted molar refractivity (Wildman–Crippen MR) is 105 cm³/mol. The number of rotatable bonds is 8. The van der Waals surface area contributed by atoms with E-state index >= 15 is 0 Å². The van der Waals surface area contributed by atoms with Crippen molar-refractivity contribution in [3.05, 3.63) is 35.9 Å². The largest absolute Gasteiger partial charge is 0.441 e. The van der Waals surface area contributed by atoms with Crippen LogP contribution in [-0.2, 0) is 16.0 Å². The smallest absolute Gasteiger partial charge is 0.417 e. The highest BCUT2D eigenvalue weighted by Gasteiger charge is 2.54. The summed E-state index contributed by atoms with van der Waals surface area (Å²) >= 11 is 0. The summed E-state index contributed by atoms with van der Waals surface area (Å²) in [6.07, 6.45) is 2.56. The quantitative estimate of drug-likeness (QED) is 0.687. The van der Waals surface area contributed by atoms with Gasteiger partial charge in [0.05, 0.1) is 17.6 Å². The topological polar surface area (TPSA) is 66.8 Å². The molecule has 0 unspecified atom stereocenters. The molecule has 150 valence electrons. The van der Waals surface area contributed by atoms with Crippen molar-refractivity contribution in [2.75, 3.05) is 0 Å². The van der Waals surface area contributed by atoms with Gasteiger partial charge < -0.3 is 9.84 Å². The number of amides is 2. The maximum Gasteiger partial charge on any atom is 0.417 e. The predicted octanol–water partition coefficient (Wildman–Crippen LogP) is 4.32. The van der Waals surface area contributed by atoms with Gasteiger partial charge in [-0.05, 0) is 46.1 Å². The van der Waals surface area contributed by atoms with Crippen molar-refractivity contribution < 1.29 is 19.4 Å². The zero-order chi connectivity index (χ0) is 20.2. The number of ether oxygens (including phenoxy) is 1. The van der Waals surface area contributed by atoms with Crippen LogP contribution in [0.2, 0.25) is 0 Å². The van der Waals surface area contributed by atoms with E-state index in [1.54, 1.807) is 13.8 Å². The molecule has 5 heteroatoms. The second-order valence-corrected chi connectivity index (χ2v) is 8.59. The Hall–Kier alpha value is -1.88. The molecule has 2 atom stereocenters. The van der Waals surface area contributed by atoms with Gasteiger partial charge in [0.15, 0.2) is 0 Å². The van der Waals surface area contributed by atoms with Crippen molar-refractivity contribution in [1.29, 1.82) is 0 Å². The van der Waals surface area contributed by atoms with Crippen molar-refractivity contribution in [1.82, 2.24) is 4.90 Å². The SMILES string of the molecule is CCCCC[C@@H](O)C(C)(C)C(=O)N1C(=O)OC(C)(C)[C@H]1Cc1ccccc1. The molecule has 0 aromatic heterocycles. The summed E-state index contributed by atoms with van der Waals surface area (Å²) in [5, 5.41) is 10.6. The summed E-state index contributed by atoms with van der Waals surface area (Å²) in [7, 11) is 0. The Morgan fingerprint density at radius 2 is 1.89 bits per heavy atom. The lowest BCUT2D eigenvalue weighted by atomic mass is 9.81. The molecule has 1 saturated heterocycles. The first-order chi connectivity index (χ1) is 12.6. The minimum absolute atomic E-state index is 0.372. The minimum Gasteiger partial charge on any atom is -0.441 e. The van der Waals surface area contributed by atoms with Crippen LogP contribution in [0.4, 0.5) is 4.79 Å². The van der Waals surface area contributed by atoms with Crippen molar-refractivity contribution in [2.24, 2.45) is 5.41 Å². The van der Waals surface area contributed by atoms with Gasteiger partial charge in [0, 0.05) is 0 Å². The Morgan fingerprint density at radius 1 is 1.26 bits per heavy atom. The Kier molecular flexibility index (Phi) is 6.68. The van der Waals surface area contributed by atoms with Crippen LogP contribution >= 0.6 is 0 Å². The summed E-state index contributed by atoms with van der Waals surface area (Å²) in [5.41, 5.74) is -0.804. The Balaban J connectivity index is 2.23. The van der Waals surface area contributed by atoms with E-state index in [0.29, 0.717) is 12.8 Å². The maximum absolute atomic E-state index is 13.3. The van der Waals surface area contributed by atoms with Crippen molar-refractivity contribution in [2.45, 2.75) is 84.5 Å². The van der Waals surface area contributed by atoms with Crippen LogP contribution in [-0.4, -0.2) is 39.8 Å². The van der Waals surface area contributed by atoms with Gasteiger partial charge in [0.1, 0.15) is 5.60 Å². The molecule has 0 aliphatic carbocycles. The van der Waals surface area contributed by atoms with Crippen LogP contribution in [0.1, 0.15) is 65.9 Å². The fourth-order valence-corrected chi connectivity index (χ4v) is 3.58. The number of carbonyl (C=O) groups excluding carboxylic acids is 2. The fourth-order valence-electron chi connectivity index (χ4n) is 3.58. The standard InChI is InChI=1S/C22H33NO4/c1-6-7-9-14-18(24)21(2,3)19(25)23-17(22(4,5)27-20(23)26)15-16-12-10-8-11-13-16/h8,10-13,17-18,24H,6-7,9,14-15H2,1-5H3/t17-,18-/m1/s1. The second-order valence-electron chi connectivity index (χ2n) is 8.59. The molecule has 1 aliphatic rings. The zero-order valence-electron chi connectivity index (χ0n) is 17.2. The van der Waals surface area contributed by atoms with Gasteiger partial charge in [-0.25, -0.2) is 9.69 Å². The third-order valence-corrected chi connectivity index (χ3v) is 5.62. The number of hydrogen-bond acceptors (Lipinski definition) is 4. The van der Waals surface area contributed by atoms with Gasteiger partial charge in [-0.3, -0.25) is 4.79 Å². The number of aliphatic hydroxyl groups is 1. The lowest BCUT2D eigenvalue weighted by Crippen LogP contribution is -2.53. The zero-order valence-corrected chi connectivity index (χ0v) is 17.2. The Morgan fingerprint density at radius 3 is 2.48 bits per heavy atom. The number of nitrogens with zero attached hydrogens (tertiary/aromatic N) is 1. The maximum atomic E-state index is 13.3. The molecule has 1 fully saturated rings. The van der Waals surface area contributed by atoms with E-state index in [9.17, 15) is 14.7 Å². The van der Waals surface area contributed by atoms with E-state index in [1.807, 2.05) is 44.2 Å². The molecular weight excluding hydrogens is 342 g/mol. The first kappa shape index (κ1) is 21.4. The number of unbranched alkanes of at least 4 members (excludes halogenated alkanes) is 2. The van der Waals surface area contributed by atoms with Crippen molar-refractivity contribution in [3.63, 3.8) is 0 Å². The van der Waals surface area contributed by atoms with Gasteiger partial charge >= 0.3 is 6.09 Å². The Labute approximate surface area is 162 Å².